The third-order valence-corrected chi connectivity index (χ3v) is 2.39. The van der Waals surface area contributed by atoms with Gasteiger partial charge in [-0.15, -0.1) is 0 Å². The molecule has 1 unspecified atom stereocenters. The molecule has 1 aromatic rings. The highest BCUT2D eigenvalue weighted by atomic mass is 16.5. The standard InChI is InChI=1S/C11H19N3O2/c1-11(15,3-4-12-7-8-16-2)10-9-13-5-6-14-10/h5-6,9,12,15H,3-4,7-8H2,1-2H3. The van der Waals surface area contributed by atoms with E-state index in [1.165, 1.54) is 0 Å². The zero-order chi connectivity index (χ0) is 11.9. The number of nitrogens with one attached hydrogen (secondary N) is 1. The Morgan fingerprint density at radius 3 is 2.88 bits per heavy atom. The monoisotopic (exact) mass is 225 g/mol. The number of hydrogen-bond acceptors (Lipinski definition) is 5. The van der Waals surface area contributed by atoms with Crippen LogP contribution < -0.4 is 5.32 Å². The van der Waals surface area contributed by atoms with Crippen molar-refractivity contribution >= 4 is 0 Å². The van der Waals surface area contributed by atoms with Crippen LogP contribution in [-0.4, -0.2) is 41.9 Å². The fourth-order valence-electron chi connectivity index (χ4n) is 1.34. The van der Waals surface area contributed by atoms with Crippen molar-refractivity contribution in [3.05, 3.63) is 24.3 Å². The lowest BCUT2D eigenvalue weighted by atomic mass is 9.98. The van der Waals surface area contributed by atoms with Crippen LogP contribution >= 0.6 is 0 Å². The van der Waals surface area contributed by atoms with Gasteiger partial charge in [0.15, 0.2) is 0 Å². The first kappa shape index (κ1) is 13.0. The number of nitrogens with zero attached hydrogens (tertiary/aromatic N) is 2. The van der Waals surface area contributed by atoms with Crippen molar-refractivity contribution in [1.82, 2.24) is 15.3 Å². The van der Waals surface area contributed by atoms with Gasteiger partial charge in [0.2, 0.25) is 0 Å². The first-order valence-electron chi connectivity index (χ1n) is 5.35. The third kappa shape index (κ3) is 4.22. The van der Waals surface area contributed by atoms with Crippen LogP contribution in [0.1, 0.15) is 19.0 Å². The average molecular weight is 225 g/mol. The molecule has 5 heteroatoms. The molecule has 1 atom stereocenters. The molecule has 16 heavy (non-hydrogen) atoms. The summed E-state index contributed by atoms with van der Waals surface area (Å²) in [6.07, 6.45) is 5.36. The smallest absolute Gasteiger partial charge is 0.106 e. The van der Waals surface area contributed by atoms with Crippen LogP contribution in [-0.2, 0) is 10.3 Å². The van der Waals surface area contributed by atoms with Crippen molar-refractivity contribution in [1.29, 1.82) is 0 Å². The van der Waals surface area contributed by atoms with Crippen molar-refractivity contribution in [2.75, 3.05) is 26.8 Å². The summed E-state index contributed by atoms with van der Waals surface area (Å²) < 4.78 is 4.91. The van der Waals surface area contributed by atoms with E-state index in [1.807, 2.05) is 0 Å². The van der Waals surface area contributed by atoms with E-state index in [0.29, 0.717) is 25.3 Å². The van der Waals surface area contributed by atoms with Crippen LogP contribution in [0.25, 0.3) is 0 Å². The molecule has 0 saturated carbocycles. The summed E-state index contributed by atoms with van der Waals surface area (Å²) in [7, 11) is 1.66. The molecule has 1 aromatic heterocycles. The number of aliphatic hydroxyl groups is 1. The molecular formula is C11H19N3O2. The number of aromatic nitrogens is 2. The summed E-state index contributed by atoms with van der Waals surface area (Å²) in [4.78, 5) is 8.05. The number of methoxy groups -OCH3 is 1. The van der Waals surface area contributed by atoms with Gasteiger partial charge in [-0.25, -0.2) is 0 Å². The van der Waals surface area contributed by atoms with Crippen LogP contribution in [0.3, 0.4) is 0 Å². The van der Waals surface area contributed by atoms with E-state index >= 15 is 0 Å². The molecule has 0 aliphatic carbocycles. The summed E-state index contributed by atoms with van der Waals surface area (Å²) in [6.45, 7) is 3.92. The average Bonchev–Trinajstić information content (AvgIpc) is 2.30. The van der Waals surface area contributed by atoms with Gasteiger partial charge >= 0.3 is 0 Å². The van der Waals surface area contributed by atoms with E-state index in [1.54, 1.807) is 32.6 Å². The molecule has 0 aromatic carbocycles. The molecule has 5 nitrogen and oxygen atoms in total. The second kappa shape index (κ2) is 6.52. The maximum atomic E-state index is 10.2. The third-order valence-electron chi connectivity index (χ3n) is 2.39. The fraction of sp³-hybridized carbons (Fsp3) is 0.636. The quantitative estimate of drug-likeness (QED) is 0.654. The van der Waals surface area contributed by atoms with Gasteiger partial charge in [-0.1, -0.05) is 0 Å². The lowest BCUT2D eigenvalue weighted by Gasteiger charge is -2.22. The summed E-state index contributed by atoms with van der Waals surface area (Å²) >= 11 is 0. The molecule has 90 valence electrons. The van der Waals surface area contributed by atoms with Crippen molar-refractivity contribution in [2.24, 2.45) is 0 Å². The molecular weight excluding hydrogens is 206 g/mol. The highest BCUT2D eigenvalue weighted by molar-refractivity contribution is 5.05. The highest BCUT2D eigenvalue weighted by Crippen LogP contribution is 2.20. The number of hydrogen-bond donors (Lipinski definition) is 2. The predicted molar refractivity (Wildman–Crippen MR) is 61.0 cm³/mol. The Kier molecular flexibility index (Phi) is 5.31. The zero-order valence-electron chi connectivity index (χ0n) is 9.81. The molecule has 0 aliphatic heterocycles. The maximum Gasteiger partial charge on any atom is 0.106 e. The van der Waals surface area contributed by atoms with Crippen molar-refractivity contribution in [3.63, 3.8) is 0 Å². The normalized spacial score (nSPS) is 14.7. The molecule has 2 N–H and O–H groups in total. The number of ether oxygens (including phenoxy) is 1. The van der Waals surface area contributed by atoms with Crippen LogP contribution in [0.5, 0.6) is 0 Å². The minimum absolute atomic E-state index is 0.593. The van der Waals surface area contributed by atoms with E-state index in [9.17, 15) is 5.11 Å². The van der Waals surface area contributed by atoms with E-state index < -0.39 is 5.60 Å². The van der Waals surface area contributed by atoms with Gasteiger partial charge in [0, 0.05) is 26.0 Å². The van der Waals surface area contributed by atoms with Crippen LogP contribution in [0.4, 0.5) is 0 Å². The van der Waals surface area contributed by atoms with Gasteiger partial charge in [0.1, 0.15) is 5.60 Å². The molecule has 1 rings (SSSR count). The summed E-state index contributed by atoms with van der Waals surface area (Å²) in [5.74, 6) is 0. The van der Waals surface area contributed by atoms with Gasteiger partial charge in [0.25, 0.3) is 0 Å². The molecule has 0 aliphatic rings. The van der Waals surface area contributed by atoms with Gasteiger partial charge in [-0.05, 0) is 19.9 Å². The predicted octanol–water partition coefficient (Wildman–Crippen LogP) is 0.310. The Hall–Kier alpha value is -1.04. The lowest BCUT2D eigenvalue weighted by molar-refractivity contribution is 0.0427. The van der Waals surface area contributed by atoms with Crippen LogP contribution in [0.2, 0.25) is 0 Å². The van der Waals surface area contributed by atoms with Crippen molar-refractivity contribution < 1.29 is 9.84 Å². The SMILES string of the molecule is COCCNCCC(C)(O)c1cnccn1. The molecule has 1 heterocycles. The minimum atomic E-state index is -0.936. The Morgan fingerprint density at radius 1 is 1.44 bits per heavy atom. The minimum Gasteiger partial charge on any atom is -0.384 e. The van der Waals surface area contributed by atoms with Gasteiger partial charge in [-0.2, -0.15) is 0 Å². The second-order valence-corrected chi connectivity index (χ2v) is 3.86. The molecule has 0 saturated heterocycles. The lowest BCUT2D eigenvalue weighted by Crippen LogP contribution is -2.30. The topological polar surface area (TPSA) is 67.3 Å². The summed E-state index contributed by atoms with van der Waals surface area (Å²) in [5, 5.41) is 13.3. The second-order valence-electron chi connectivity index (χ2n) is 3.86. The Morgan fingerprint density at radius 2 is 2.25 bits per heavy atom. The van der Waals surface area contributed by atoms with E-state index in [0.717, 1.165) is 6.54 Å². The van der Waals surface area contributed by atoms with Gasteiger partial charge < -0.3 is 15.2 Å². The summed E-state index contributed by atoms with van der Waals surface area (Å²) in [5.41, 5.74) is -0.336. The molecule has 0 radical (unpaired) electrons. The fourth-order valence-corrected chi connectivity index (χ4v) is 1.34. The van der Waals surface area contributed by atoms with Crippen LogP contribution in [0, 0.1) is 0 Å². The first-order valence-corrected chi connectivity index (χ1v) is 5.35. The van der Waals surface area contributed by atoms with Gasteiger partial charge in [0.05, 0.1) is 18.5 Å². The highest BCUT2D eigenvalue weighted by Gasteiger charge is 2.23. The Labute approximate surface area is 95.9 Å². The molecule has 0 fully saturated rings. The van der Waals surface area contributed by atoms with E-state index in [4.69, 9.17) is 4.74 Å². The van der Waals surface area contributed by atoms with E-state index in [2.05, 4.69) is 15.3 Å². The molecule has 0 amide bonds. The maximum absolute atomic E-state index is 10.2. The Bertz CT molecular complexity index is 291. The zero-order valence-corrected chi connectivity index (χ0v) is 9.81. The van der Waals surface area contributed by atoms with Crippen molar-refractivity contribution in [2.45, 2.75) is 18.9 Å². The van der Waals surface area contributed by atoms with Crippen LogP contribution in [0.15, 0.2) is 18.6 Å². The molecule has 0 spiro atoms. The first-order chi connectivity index (χ1) is 7.67. The Balaban J connectivity index is 2.35. The van der Waals surface area contributed by atoms with Gasteiger partial charge in [-0.3, -0.25) is 9.97 Å². The summed E-state index contributed by atoms with van der Waals surface area (Å²) in [6, 6.07) is 0. The molecule has 0 bridgehead atoms. The largest absolute Gasteiger partial charge is 0.384 e. The van der Waals surface area contributed by atoms with E-state index in [-0.39, 0.29) is 0 Å². The van der Waals surface area contributed by atoms with Crippen molar-refractivity contribution in [3.8, 4) is 0 Å². The number of rotatable bonds is 7.